The van der Waals surface area contributed by atoms with Crippen LogP contribution >= 0.6 is 11.8 Å². The molecule has 9 heteroatoms. The molecule has 0 saturated heterocycles. The molecule has 0 spiro atoms. The smallest absolute Gasteiger partial charge is 0.416 e. The predicted molar refractivity (Wildman–Crippen MR) is 142 cm³/mol. The normalized spacial score (nSPS) is 11.9. The van der Waals surface area contributed by atoms with E-state index in [1.165, 1.54) is 23.9 Å². The standard InChI is InChI=1S/C29H23F3N2O3S/c30-29(31,32)21-11-7-12-22(17-21)34-28(36)27(20-9-3-1-4-10-20)38-25-16-8-13-23(18-25)33-26(35)19-37-24-14-5-2-6-15-24/h1-18,27H,19H2,(H,33,35)(H,34,36). The van der Waals surface area contributed by atoms with Crippen LogP contribution in [-0.4, -0.2) is 18.4 Å². The molecule has 5 nitrogen and oxygen atoms in total. The van der Waals surface area contributed by atoms with Crippen molar-refractivity contribution >= 4 is 35.0 Å². The highest BCUT2D eigenvalue weighted by Gasteiger charge is 2.31. The molecule has 0 heterocycles. The van der Waals surface area contributed by atoms with Crippen molar-refractivity contribution in [3.63, 3.8) is 0 Å². The highest BCUT2D eigenvalue weighted by molar-refractivity contribution is 8.00. The number of amides is 2. The van der Waals surface area contributed by atoms with Gasteiger partial charge in [-0.3, -0.25) is 9.59 Å². The number of ether oxygens (including phenoxy) is 1. The summed E-state index contributed by atoms with van der Waals surface area (Å²) < 4.78 is 44.8. The number of nitrogens with one attached hydrogen (secondary N) is 2. The first-order valence-corrected chi connectivity index (χ1v) is 12.4. The summed E-state index contributed by atoms with van der Waals surface area (Å²) in [4.78, 5) is 26.3. The SMILES string of the molecule is O=C(COc1ccccc1)Nc1cccc(SC(C(=O)Nc2cccc(C(F)(F)F)c2)c2ccccc2)c1. The number of hydrogen-bond donors (Lipinski definition) is 2. The first-order chi connectivity index (χ1) is 18.3. The van der Waals surface area contributed by atoms with Crippen LogP contribution in [0.4, 0.5) is 24.5 Å². The van der Waals surface area contributed by atoms with E-state index in [1.54, 1.807) is 72.8 Å². The molecule has 4 aromatic rings. The highest BCUT2D eigenvalue weighted by atomic mass is 32.2. The summed E-state index contributed by atoms with van der Waals surface area (Å²) in [7, 11) is 0. The summed E-state index contributed by atoms with van der Waals surface area (Å²) in [5, 5.41) is 4.61. The minimum atomic E-state index is -4.52. The molecular weight excluding hydrogens is 513 g/mol. The zero-order chi connectivity index (χ0) is 27.0. The van der Waals surface area contributed by atoms with Crippen molar-refractivity contribution in [3.8, 4) is 5.75 Å². The fourth-order valence-electron chi connectivity index (χ4n) is 3.53. The average molecular weight is 537 g/mol. The molecule has 4 aromatic carbocycles. The van der Waals surface area contributed by atoms with Gasteiger partial charge in [0.05, 0.1) is 5.56 Å². The van der Waals surface area contributed by atoms with Crippen molar-refractivity contribution in [2.24, 2.45) is 0 Å². The van der Waals surface area contributed by atoms with Gasteiger partial charge in [-0.1, -0.05) is 60.7 Å². The maximum absolute atomic E-state index is 13.3. The molecule has 0 aromatic heterocycles. The Bertz CT molecular complexity index is 1380. The summed E-state index contributed by atoms with van der Waals surface area (Å²) in [5.41, 5.74) is 0.388. The Morgan fingerprint density at radius 2 is 1.39 bits per heavy atom. The molecule has 0 saturated carbocycles. The first-order valence-electron chi connectivity index (χ1n) is 11.6. The summed E-state index contributed by atoms with van der Waals surface area (Å²) >= 11 is 1.21. The molecule has 0 bridgehead atoms. The van der Waals surface area contributed by atoms with Crippen LogP contribution in [0.15, 0.2) is 114 Å². The van der Waals surface area contributed by atoms with Crippen LogP contribution in [0.25, 0.3) is 0 Å². The quantitative estimate of drug-likeness (QED) is 0.222. The lowest BCUT2D eigenvalue weighted by Gasteiger charge is -2.18. The van der Waals surface area contributed by atoms with Gasteiger partial charge in [0.15, 0.2) is 6.61 Å². The molecule has 2 amide bonds. The van der Waals surface area contributed by atoms with E-state index in [2.05, 4.69) is 10.6 Å². The summed E-state index contributed by atoms with van der Waals surface area (Å²) in [6.45, 7) is -0.173. The molecule has 1 atom stereocenters. The minimum Gasteiger partial charge on any atom is -0.484 e. The van der Waals surface area contributed by atoms with E-state index < -0.39 is 22.9 Å². The number of hydrogen-bond acceptors (Lipinski definition) is 4. The van der Waals surface area contributed by atoms with Crippen molar-refractivity contribution in [1.29, 1.82) is 0 Å². The lowest BCUT2D eigenvalue weighted by molar-refractivity contribution is -0.137. The number of rotatable bonds is 9. The van der Waals surface area contributed by atoms with E-state index in [0.717, 1.165) is 12.1 Å². The van der Waals surface area contributed by atoms with Crippen LogP contribution in [0.5, 0.6) is 5.75 Å². The molecule has 0 fully saturated rings. The molecule has 194 valence electrons. The van der Waals surface area contributed by atoms with Gasteiger partial charge in [0.2, 0.25) is 5.91 Å². The Kier molecular flexibility index (Phi) is 8.70. The number of carbonyl (C=O) groups is 2. The van der Waals surface area contributed by atoms with Crippen LogP contribution in [0, 0.1) is 0 Å². The molecule has 0 radical (unpaired) electrons. The molecule has 0 aliphatic rings. The van der Waals surface area contributed by atoms with Crippen LogP contribution < -0.4 is 15.4 Å². The largest absolute Gasteiger partial charge is 0.484 e. The van der Waals surface area contributed by atoms with Crippen molar-refractivity contribution < 1.29 is 27.5 Å². The third-order valence-corrected chi connectivity index (χ3v) is 6.53. The second kappa shape index (κ2) is 12.3. The van der Waals surface area contributed by atoms with E-state index in [-0.39, 0.29) is 18.2 Å². The maximum Gasteiger partial charge on any atom is 0.416 e. The van der Waals surface area contributed by atoms with Crippen molar-refractivity contribution in [2.75, 3.05) is 17.2 Å². The maximum atomic E-state index is 13.3. The Balaban J connectivity index is 1.47. The Labute approximate surface area is 222 Å². The van der Waals surface area contributed by atoms with Gasteiger partial charge in [0.25, 0.3) is 5.91 Å². The van der Waals surface area contributed by atoms with Gasteiger partial charge in [-0.05, 0) is 54.1 Å². The molecule has 1 unspecified atom stereocenters. The number of alkyl halides is 3. The topological polar surface area (TPSA) is 67.4 Å². The zero-order valence-corrected chi connectivity index (χ0v) is 20.8. The number of carbonyl (C=O) groups excluding carboxylic acids is 2. The number of halogens is 3. The molecule has 2 N–H and O–H groups in total. The van der Waals surface area contributed by atoms with E-state index in [9.17, 15) is 22.8 Å². The average Bonchev–Trinajstić information content (AvgIpc) is 2.91. The minimum absolute atomic E-state index is 0.0470. The lowest BCUT2D eigenvalue weighted by atomic mass is 10.1. The number of para-hydroxylation sites is 1. The van der Waals surface area contributed by atoms with Gasteiger partial charge in [-0.15, -0.1) is 11.8 Å². The van der Waals surface area contributed by atoms with Crippen LogP contribution in [0.2, 0.25) is 0 Å². The molecular formula is C29H23F3N2O3S. The van der Waals surface area contributed by atoms with Crippen molar-refractivity contribution in [3.05, 3.63) is 120 Å². The predicted octanol–water partition coefficient (Wildman–Crippen LogP) is 7.20. The molecule has 0 aliphatic carbocycles. The molecule has 4 rings (SSSR count). The van der Waals surface area contributed by atoms with Gasteiger partial charge >= 0.3 is 6.18 Å². The highest BCUT2D eigenvalue weighted by Crippen LogP contribution is 2.38. The van der Waals surface area contributed by atoms with Gasteiger partial charge in [0, 0.05) is 16.3 Å². The van der Waals surface area contributed by atoms with Gasteiger partial charge < -0.3 is 15.4 Å². The second-order valence-corrected chi connectivity index (χ2v) is 9.33. The number of anilines is 2. The van der Waals surface area contributed by atoms with Gasteiger partial charge in [0.1, 0.15) is 11.0 Å². The third kappa shape index (κ3) is 7.63. The van der Waals surface area contributed by atoms with E-state index in [4.69, 9.17) is 4.74 Å². The van der Waals surface area contributed by atoms with Crippen molar-refractivity contribution in [1.82, 2.24) is 0 Å². The summed E-state index contributed by atoms with van der Waals surface area (Å²) in [6.07, 6.45) is -4.52. The third-order valence-electron chi connectivity index (χ3n) is 5.28. The Hall–Kier alpha value is -4.24. The fourth-order valence-corrected chi connectivity index (χ4v) is 4.61. The summed E-state index contributed by atoms with van der Waals surface area (Å²) in [5.74, 6) is -0.256. The van der Waals surface area contributed by atoms with Crippen LogP contribution in [0.3, 0.4) is 0 Å². The summed E-state index contributed by atoms with van der Waals surface area (Å²) in [6, 6.07) is 29.3. The fraction of sp³-hybridized carbons (Fsp3) is 0.103. The first kappa shape index (κ1) is 26.8. The molecule has 0 aliphatic heterocycles. The van der Waals surface area contributed by atoms with Gasteiger partial charge in [-0.2, -0.15) is 13.2 Å². The van der Waals surface area contributed by atoms with E-state index in [1.807, 2.05) is 12.1 Å². The molecule has 38 heavy (non-hydrogen) atoms. The second-order valence-electron chi connectivity index (χ2n) is 8.15. The van der Waals surface area contributed by atoms with Crippen LogP contribution in [0.1, 0.15) is 16.4 Å². The van der Waals surface area contributed by atoms with E-state index in [0.29, 0.717) is 21.9 Å². The Morgan fingerprint density at radius 3 is 2.08 bits per heavy atom. The van der Waals surface area contributed by atoms with Crippen molar-refractivity contribution in [2.45, 2.75) is 16.3 Å². The van der Waals surface area contributed by atoms with Gasteiger partial charge in [-0.25, -0.2) is 0 Å². The Morgan fingerprint density at radius 1 is 0.763 bits per heavy atom. The number of thioether (sulfide) groups is 1. The number of benzene rings is 4. The van der Waals surface area contributed by atoms with Crippen LogP contribution in [-0.2, 0) is 15.8 Å². The lowest BCUT2D eigenvalue weighted by Crippen LogP contribution is -2.20. The van der Waals surface area contributed by atoms with E-state index >= 15 is 0 Å². The monoisotopic (exact) mass is 536 g/mol. The zero-order valence-electron chi connectivity index (χ0n) is 19.9.